The topological polar surface area (TPSA) is 91.8 Å². The van der Waals surface area contributed by atoms with Crippen molar-refractivity contribution in [2.45, 2.75) is 18.7 Å². The van der Waals surface area contributed by atoms with Crippen molar-refractivity contribution >= 4 is 33.1 Å². The molecule has 6 nitrogen and oxygen atoms in total. The van der Waals surface area contributed by atoms with E-state index in [4.69, 9.17) is 5.11 Å². The van der Waals surface area contributed by atoms with Gasteiger partial charge in [0, 0.05) is 18.2 Å². The second-order valence-electron chi connectivity index (χ2n) is 4.89. The van der Waals surface area contributed by atoms with E-state index >= 15 is 0 Å². The minimum absolute atomic E-state index is 0.0747. The van der Waals surface area contributed by atoms with Gasteiger partial charge in [0.15, 0.2) is 9.84 Å². The number of aliphatic carboxylic acids is 1. The van der Waals surface area contributed by atoms with Crippen LogP contribution in [-0.2, 0) is 14.6 Å². The van der Waals surface area contributed by atoms with Crippen LogP contribution in [0.5, 0.6) is 0 Å². The monoisotopic (exact) mass is 319 g/mol. The number of hydrogen-bond donors (Lipinski definition) is 1. The molecule has 1 aromatic heterocycles. The molecule has 0 bridgehead atoms. The predicted octanol–water partition coefficient (Wildman–Crippen LogP) is 1.33. The van der Waals surface area contributed by atoms with Crippen molar-refractivity contribution in [3.05, 3.63) is 16.3 Å². The molecule has 0 radical (unpaired) electrons. The maximum Gasteiger partial charge on any atom is 0.323 e. The summed E-state index contributed by atoms with van der Waals surface area (Å²) in [5.41, 5.74) is 0. The number of carbonyl (C=O) groups is 2. The number of carbonyl (C=O) groups excluding carboxylic acids is 1. The predicted molar refractivity (Wildman–Crippen MR) is 75.8 cm³/mol. The Bertz CT molecular complexity index is 603. The molecule has 0 unspecified atom stereocenters. The Morgan fingerprint density at radius 1 is 1.40 bits per heavy atom. The lowest BCUT2D eigenvalue weighted by molar-refractivity contribution is -0.137. The molecule has 1 N–H and O–H groups in total. The average molecular weight is 319 g/mol. The molecule has 1 heterocycles. The van der Waals surface area contributed by atoms with Crippen molar-refractivity contribution in [1.82, 2.24) is 4.90 Å². The third-order valence-corrected chi connectivity index (χ3v) is 4.57. The van der Waals surface area contributed by atoms with Gasteiger partial charge < -0.3 is 10.0 Å². The van der Waals surface area contributed by atoms with Gasteiger partial charge in [0.1, 0.15) is 6.54 Å². The van der Waals surface area contributed by atoms with Crippen LogP contribution in [0.25, 0.3) is 0 Å². The summed E-state index contributed by atoms with van der Waals surface area (Å²) in [6.45, 7) is 3.65. The molecule has 0 aromatic carbocycles. The fraction of sp³-hybridized carbons (Fsp3) is 0.500. The van der Waals surface area contributed by atoms with Crippen molar-refractivity contribution in [3.8, 4) is 0 Å². The molecule has 1 amide bonds. The highest BCUT2D eigenvalue weighted by Gasteiger charge is 2.22. The van der Waals surface area contributed by atoms with Crippen LogP contribution in [0.1, 0.15) is 23.5 Å². The first kappa shape index (κ1) is 16.6. The highest BCUT2D eigenvalue weighted by Crippen LogP contribution is 2.21. The molecule has 0 saturated carbocycles. The second kappa shape index (κ2) is 6.36. The smallest absolute Gasteiger partial charge is 0.323 e. The van der Waals surface area contributed by atoms with Crippen LogP contribution < -0.4 is 0 Å². The zero-order valence-electron chi connectivity index (χ0n) is 11.5. The zero-order valence-corrected chi connectivity index (χ0v) is 13.1. The number of thiophene rings is 1. The molecule has 0 atom stereocenters. The Kier molecular flexibility index (Phi) is 5.29. The molecule has 0 saturated heterocycles. The molecule has 0 fully saturated rings. The van der Waals surface area contributed by atoms with Crippen LogP contribution in [0, 0.1) is 5.92 Å². The maximum atomic E-state index is 12.2. The Morgan fingerprint density at radius 2 is 2.00 bits per heavy atom. The zero-order chi connectivity index (χ0) is 15.5. The summed E-state index contributed by atoms with van der Waals surface area (Å²) >= 11 is 1.00. The lowest BCUT2D eigenvalue weighted by Crippen LogP contribution is -2.37. The van der Waals surface area contributed by atoms with Gasteiger partial charge in [-0.2, -0.15) is 0 Å². The van der Waals surface area contributed by atoms with Gasteiger partial charge in [-0.3, -0.25) is 9.59 Å². The minimum atomic E-state index is -3.36. The van der Waals surface area contributed by atoms with Crippen LogP contribution in [0.3, 0.4) is 0 Å². The molecular weight excluding hydrogens is 302 g/mol. The molecule has 0 aliphatic carbocycles. The molecule has 0 aliphatic heterocycles. The standard InChI is InChI=1S/C12H17NO5S2/c1-8(2)5-13(6-11(14)15)12(16)10-4-9(7-19-10)20(3,17)18/h4,7-8H,5-6H2,1-3H3,(H,14,15). The Hall–Kier alpha value is -1.41. The van der Waals surface area contributed by atoms with Crippen LogP contribution in [0.4, 0.5) is 0 Å². The molecule has 20 heavy (non-hydrogen) atoms. The third-order valence-electron chi connectivity index (χ3n) is 2.41. The minimum Gasteiger partial charge on any atom is -0.480 e. The van der Waals surface area contributed by atoms with Crippen molar-refractivity contribution in [2.75, 3.05) is 19.3 Å². The van der Waals surface area contributed by atoms with Gasteiger partial charge in [0.25, 0.3) is 5.91 Å². The summed E-state index contributed by atoms with van der Waals surface area (Å²) in [6, 6.07) is 1.29. The van der Waals surface area contributed by atoms with E-state index in [0.717, 1.165) is 17.6 Å². The number of hydrogen-bond acceptors (Lipinski definition) is 5. The summed E-state index contributed by atoms with van der Waals surface area (Å²) in [5.74, 6) is -1.44. The van der Waals surface area contributed by atoms with Gasteiger partial charge in [0.05, 0.1) is 9.77 Å². The number of sulfone groups is 1. The molecule has 8 heteroatoms. The van der Waals surface area contributed by atoms with E-state index in [1.165, 1.54) is 16.3 Å². The first-order chi connectivity index (χ1) is 9.11. The van der Waals surface area contributed by atoms with Gasteiger partial charge >= 0.3 is 5.97 Å². The number of amides is 1. The maximum absolute atomic E-state index is 12.2. The largest absolute Gasteiger partial charge is 0.480 e. The first-order valence-electron chi connectivity index (χ1n) is 5.91. The molecule has 0 spiro atoms. The number of carboxylic acid groups (broad SMARTS) is 1. The summed E-state index contributed by atoms with van der Waals surface area (Å²) in [6.07, 6.45) is 1.06. The van der Waals surface area contributed by atoms with E-state index in [1.54, 1.807) is 0 Å². The van der Waals surface area contributed by atoms with Gasteiger partial charge in [0.2, 0.25) is 0 Å². The SMILES string of the molecule is CC(C)CN(CC(=O)O)C(=O)c1cc(S(C)(=O)=O)cs1. The Morgan fingerprint density at radius 3 is 2.40 bits per heavy atom. The van der Waals surface area contributed by atoms with Gasteiger partial charge in [-0.05, 0) is 12.0 Å². The van der Waals surface area contributed by atoms with Crippen LogP contribution in [0.15, 0.2) is 16.3 Å². The van der Waals surface area contributed by atoms with Crippen molar-refractivity contribution in [3.63, 3.8) is 0 Å². The molecule has 112 valence electrons. The van der Waals surface area contributed by atoms with E-state index < -0.39 is 28.3 Å². The van der Waals surface area contributed by atoms with E-state index in [2.05, 4.69) is 0 Å². The van der Waals surface area contributed by atoms with Crippen LogP contribution in [-0.4, -0.2) is 49.6 Å². The Labute approximate surface area is 121 Å². The van der Waals surface area contributed by atoms with Gasteiger partial charge in [-0.25, -0.2) is 8.42 Å². The summed E-state index contributed by atoms with van der Waals surface area (Å²) in [4.78, 5) is 24.6. The first-order valence-corrected chi connectivity index (χ1v) is 8.68. The summed E-state index contributed by atoms with van der Waals surface area (Å²) < 4.78 is 22.8. The Balaban J connectivity index is 3.00. The number of carboxylic acids is 1. The lowest BCUT2D eigenvalue weighted by Gasteiger charge is -2.21. The van der Waals surface area contributed by atoms with Crippen molar-refractivity contribution < 1.29 is 23.1 Å². The molecule has 1 aromatic rings. The highest BCUT2D eigenvalue weighted by molar-refractivity contribution is 7.90. The van der Waals surface area contributed by atoms with E-state index in [9.17, 15) is 18.0 Å². The summed E-state index contributed by atoms with van der Waals surface area (Å²) in [7, 11) is -3.36. The fourth-order valence-electron chi connectivity index (χ4n) is 1.60. The normalized spacial score (nSPS) is 11.6. The van der Waals surface area contributed by atoms with Crippen LogP contribution >= 0.6 is 11.3 Å². The summed E-state index contributed by atoms with van der Waals surface area (Å²) in [5, 5.41) is 10.2. The van der Waals surface area contributed by atoms with Gasteiger partial charge in [-0.15, -0.1) is 11.3 Å². The molecule has 1 rings (SSSR count). The number of rotatable bonds is 6. The average Bonchev–Trinajstić information content (AvgIpc) is 2.74. The third kappa shape index (κ3) is 4.61. The van der Waals surface area contributed by atoms with Gasteiger partial charge in [-0.1, -0.05) is 13.8 Å². The fourth-order valence-corrected chi connectivity index (χ4v) is 3.59. The van der Waals surface area contributed by atoms with E-state index in [-0.39, 0.29) is 15.7 Å². The van der Waals surface area contributed by atoms with Crippen LogP contribution in [0.2, 0.25) is 0 Å². The van der Waals surface area contributed by atoms with E-state index in [0.29, 0.717) is 6.54 Å². The quantitative estimate of drug-likeness (QED) is 0.854. The second-order valence-corrected chi connectivity index (χ2v) is 7.82. The number of nitrogens with zero attached hydrogens (tertiary/aromatic N) is 1. The lowest BCUT2D eigenvalue weighted by atomic mass is 10.2. The van der Waals surface area contributed by atoms with Crippen molar-refractivity contribution in [2.24, 2.45) is 5.92 Å². The van der Waals surface area contributed by atoms with E-state index in [1.807, 2.05) is 13.8 Å². The highest BCUT2D eigenvalue weighted by atomic mass is 32.2. The van der Waals surface area contributed by atoms with Crippen molar-refractivity contribution in [1.29, 1.82) is 0 Å². The molecule has 0 aliphatic rings. The molecular formula is C12H17NO5S2.